The summed E-state index contributed by atoms with van der Waals surface area (Å²) in [5.41, 5.74) is 6.22. The largest absolute Gasteiger partial charge is 0.421 e. The zero-order valence-electron chi connectivity index (χ0n) is 16.6. The van der Waals surface area contributed by atoms with Crippen LogP contribution in [0, 0.1) is 5.41 Å². The third kappa shape index (κ3) is 6.42. The van der Waals surface area contributed by atoms with Crippen LogP contribution in [0.15, 0.2) is 42.5 Å². The quantitative estimate of drug-likeness (QED) is 0.104. The minimum atomic E-state index is -0.860. The van der Waals surface area contributed by atoms with Crippen molar-refractivity contribution in [2.24, 2.45) is 5.73 Å². The Labute approximate surface area is 199 Å². The Morgan fingerprint density at radius 1 is 0.844 bits per heavy atom. The van der Waals surface area contributed by atoms with Crippen molar-refractivity contribution in [3.8, 4) is 11.5 Å². The number of hydrogen-bond donors (Lipinski definition) is 2. The Hall–Kier alpha value is -3.16. The average molecular weight is 554 g/mol. The second-order valence-corrected chi connectivity index (χ2v) is 6.44. The molecule has 32 heavy (non-hydrogen) atoms. The van der Waals surface area contributed by atoms with Crippen molar-refractivity contribution in [2.45, 2.75) is 12.8 Å². The average Bonchev–Trinajstić information content (AvgIpc) is 2.75. The number of ketones is 2. The van der Waals surface area contributed by atoms with Crippen LogP contribution in [0.4, 0.5) is 0 Å². The number of Topliss-reactive ketones (excluding diaryl/α,β-unsaturated/α-hetero) is 2. The van der Waals surface area contributed by atoms with Gasteiger partial charge >= 0.3 is 11.9 Å². The van der Waals surface area contributed by atoms with Gasteiger partial charge in [-0.05, 0) is 12.1 Å². The number of benzene rings is 2. The molecular formula is C21H19IN2O8. The van der Waals surface area contributed by atoms with Crippen molar-refractivity contribution in [2.75, 3.05) is 13.2 Å². The van der Waals surface area contributed by atoms with Gasteiger partial charge in [0.05, 0.1) is 5.56 Å². The number of fused-ring (bicyclic) bond motifs is 1. The van der Waals surface area contributed by atoms with Crippen LogP contribution in [-0.4, -0.2) is 42.6 Å². The maximum Gasteiger partial charge on any atom is 0.341 e. The fraction of sp³-hybridized carbons (Fsp3) is 0.190. The van der Waals surface area contributed by atoms with E-state index in [-0.39, 0.29) is 65.5 Å². The third-order valence-corrected chi connectivity index (χ3v) is 4.25. The number of nitrogens with one attached hydrogen (secondary N) is 1. The number of nitrogen functional groups attached to an aromatic ring is 1. The number of ether oxygens (including phenoxy) is 2. The van der Waals surface area contributed by atoms with Crippen molar-refractivity contribution in [1.82, 2.24) is 0 Å². The normalized spacial score (nSPS) is 13.6. The molecular weight excluding hydrogens is 535 g/mol. The van der Waals surface area contributed by atoms with Gasteiger partial charge < -0.3 is 15.2 Å². The lowest BCUT2D eigenvalue weighted by Gasteiger charge is -2.15. The molecule has 0 radical (unpaired) electrons. The summed E-state index contributed by atoms with van der Waals surface area (Å²) in [7, 11) is 0. The molecule has 0 atom stereocenters. The van der Waals surface area contributed by atoms with E-state index < -0.39 is 30.9 Å². The Balaban J connectivity index is 0.00000363. The van der Waals surface area contributed by atoms with E-state index in [4.69, 9.17) is 20.6 Å². The number of nitrogens with two attached hydrogens (primary N) is 1. The molecule has 1 aliphatic heterocycles. The zero-order chi connectivity index (χ0) is 22.4. The van der Waals surface area contributed by atoms with E-state index >= 15 is 0 Å². The predicted molar refractivity (Wildman–Crippen MR) is 120 cm³/mol. The Morgan fingerprint density at radius 3 is 2.03 bits per heavy atom. The highest BCUT2D eigenvalue weighted by molar-refractivity contribution is 14.0. The molecule has 2 aromatic carbocycles. The molecule has 0 aliphatic carbocycles. The van der Waals surface area contributed by atoms with E-state index in [0.717, 1.165) is 0 Å². The first-order chi connectivity index (χ1) is 14.8. The molecule has 0 bridgehead atoms. The lowest BCUT2D eigenvalue weighted by atomic mass is 10.00. The van der Waals surface area contributed by atoms with Gasteiger partial charge in [0, 0.05) is 24.0 Å². The van der Waals surface area contributed by atoms with E-state index in [0.29, 0.717) is 11.1 Å². The number of carbonyl (C=O) groups excluding carboxylic acids is 4. The fourth-order valence-corrected chi connectivity index (χ4v) is 2.74. The molecule has 0 unspecified atom stereocenters. The second-order valence-electron chi connectivity index (χ2n) is 6.44. The third-order valence-electron chi connectivity index (χ3n) is 4.25. The molecule has 11 heteroatoms. The number of rotatable bonds is 6. The van der Waals surface area contributed by atoms with Crippen LogP contribution in [0.25, 0.3) is 0 Å². The van der Waals surface area contributed by atoms with Crippen LogP contribution in [0.3, 0.4) is 0 Å². The van der Waals surface area contributed by atoms with Gasteiger partial charge in [-0.2, -0.15) is 0 Å². The molecule has 0 saturated heterocycles. The van der Waals surface area contributed by atoms with Gasteiger partial charge in [0.2, 0.25) is 0 Å². The molecule has 1 heterocycles. The number of hydrogen-bond acceptors (Lipinski definition) is 9. The Morgan fingerprint density at radius 2 is 1.41 bits per heavy atom. The van der Waals surface area contributed by atoms with Crippen LogP contribution in [-0.2, 0) is 19.4 Å². The molecule has 168 valence electrons. The van der Waals surface area contributed by atoms with Crippen molar-refractivity contribution in [1.29, 1.82) is 5.41 Å². The maximum atomic E-state index is 12.8. The number of carbonyl (C=O) groups is 4. The van der Waals surface area contributed by atoms with Crippen LogP contribution >= 0.6 is 24.0 Å². The van der Waals surface area contributed by atoms with Crippen molar-refractivity contribution in [3.63, 3.8) is 0 Å². The minimum Gasteiger partial charge on any atom is -0.421 e. The van der Waals surface area contributed by atoms with Gasteiger partial charge in [-0.25, -0.2) is 19.4 Å². The molecule has 0 fully saturated rings. The first kappa shape index (κ1) is 25.1. The van der Waals surface area contributed by atoms with Gasteiger partial charge in [0.1, 0.15) is 5.84 Å². The minimum absolute atomic E-state index is 0. The SMILES string of the molecule is I.N=C(N)c1ccc(C(=O)CCC(=O)c2cccc3c2OC(=O)COOCC(=O)O3)cc1. The van der Waals surface area contributed by atoms with Gasteiger partial charge in [0.15, 0.2) is 36.3 Å². The van der Waals surface area contributed by atoms with Gasteiger partial charge in [-0.3, -0.25) is 15.0 Å². The van der Waals surface area contributed by atoms with Crippen LogP contribution in [0.5, 0.6) is 11.5 Å². The monoisotopic (exact) mass is 554 g/mol. The van der Waals surface area contributed by atoms with E-state index in [2.05, 4.69) is 9.78 Å². The molecule has 2 aromatic rings. The van der Waals surface area contributed by atoms with E-state index in [9.17, 15) is 19.2 Å². The smallest absolute Gasteiger partial charge is 0.341 e. The summed E-state index contributed by atoms with van der Waals surface area (Å²) in [5.74, 6) is -2.91. The Bertz CT molecular complexity index is 1050. The Kier molecular flexibility index (Phi) is 8.99. The van der Waals surface area contributed by atoms with Crippen LogP contribution < -0.4 is 15.2 Å². The topological polar surface area (TPSA) is 155 Å². The van der Waals surface area contributed by atoms with Gasteiger partial charge in [0.25, 0.3) is 0 Å². The van der Waals surface area contributed by atoms with Crippen LogP contribution in [0.1, 0.15) is 39.1 Å². The van der Waals surface area contributed by atoms with Crippen molar-refractivity contribution in [3.05, 3.63) is 59.2 Å². The molecule has 0 saturated carbocycles. The second kappa shape index (κ2) is 11.5. The zero-order valence-corrected chi connectivity index (χ0v) is 19.0. The molecule has 3 rings (SSSR count). The number of para-hydroxylation sites is 1. The summed E-state index contributed by atoms with van der Waals surface area (Å²) in [4.78, 5) is 57.8. The fourth-order valence-electron chi connectivity index (χ4n) is 2.74. The standard InChI is InChI=1S/C21H18N2O8.HI/c22-21(23)13-6-4-12(5-7-13)15(24)8-9-16(25)14-2-1-3-17-20(14)31-19(27)11-29-28-10-18(26)30-17;/h1-7H,8-11H2,(H3,22,23);1H. The molecule has 3 N–H and O–H groups in total. The lowest BCUT2D eigenvalue weighted by molar-refractivity contribution is -0.289. The van der Waals surface area contributed by atoms with Crippen molar-refractivity contribution < 1.29 is 38.4 Å². The summed E-state index contributed by atoms with van der Waals surface area (Å²) in [6.45, 7) is -1.15. The molecule has 1 aliphatic rings. The first-order valence-corrected chi connectivity index (χ1v) is 9.15. The van der Waals surface area contributed by atoms with Crippen molar-refractivity contribution >= 4 is 53.3 Å². The molecule has 10 nitrogen and oxygen atoms in total. The highest BCUT2D eigenvalue weighted by Gasteiger charge is 2.24. The summed E-state index contributed by atoms with van der Waals surface area (Å²) in [5, 5.41) is 7.37. The molecule has 0 amide bonds. The van der Waals surface area contributed by atoms with E-state index in [1.54, 1.807) is 12.1 Å². The maximum absolute atomic E-state index is 12.8. The highest BCUT2D eigenvalue weighted by Crippen LogP contribution is 2.33. The van der Waals surface area contributed by atoms with E-state index in [1.165, 1.54) is 30.3 Å². The molecule has 0 spiro atoms. The summed E-state index contributed by atoms with van der Waals surface area (Å²) >= 11 is 0. The van der Waals surface area contributed by atoms with Crippen LogP contribution in [0.2, 0.25) is 0 Å². The van der Waals surface area contributed by atoms with E-state index in [1.807, 2.05) is 0 Å². The predicted octanol–water partition coefficient (Wildman–Crippen LogP) is 2.21. The first-order valence-electron chi connectivity index (χ1n) is 9.15. The summed E-state index contributed by atoms with van der Waals surface area (Å²) in [6.07, 6.45) is -0.276. The van der Waals surface area contributed by atoms with Gasteiger partial charge in [-0.15, -0.1) is 24.0 Å². The summed E-state index contributed by atoms with van der Waals surface area (Å²) < 4.78 is 10.2. The lowest BCUT2D eigenvalue weighted by Crippen LogP contribution is -2.24. The van der Waals surface area contributed by atoms with Gasteiger partial charge in [-0.1, -0.05) is 30.3 Å². The summed E-state index contributed by atoms with van der Waals surface area (Å²) in [6, 6.07) is 10.4. The number of halogens is 1. The number of esters is 2. The number of amidine groups is 1. The highest BCUT2D eigenvalue weighted by atomic mass is 127. The molecule has 0 aromatic heterocycles.